The Hall–Kier alpha value is -1.55. The van der Waals surface area contributed by atoms with E-state index in [4.69, 9.17) is 4.74 Å². The van der Waals surface area contributed by atoms with Crippen LogP contribution in [-0.2, 0) is 11.3 Å². The van der Waals surface area contributed by atoms with Crippen LogP contribution in [0, 0.1) is 0 Å². The number of benzene rings is 1. The van der Waals surface area contributed by atoms with Gasteiger partial charge in [-0.15, -0.1) is 24.0 Å². The van der Waals surface area contributed by atoms with Crippen LogP contribution in [0.5, 0.6) is 0 Å². The maximum Gasteiger partial charge on any atom is 0.410 e. The van der Waals surface area contributed by atoms with Gasteiger partial charge in [0.1, 0.15) is 5.60 Å². The summed E-state index contributed by atoms with van der Waals surface area (Å²) in [5.74, 6) is 0.976. The molecule has 8 heteroatoms. The van der Waals surface area contributed by atoms with Gasteiger partial charge >= 0.3 is 6.09 Å². The minimum Gasteiger partial charge on any atom is -0.444 e. The number of nitrogens with one attached hydrogen (secondary N) is 1. The van der Waals surface area contributed by atoms with Crippen molar-refractivity contribution in [1.82, 2.24) is 20.0 Å². The first-order valence-electron chi connectivity index (χ1n) is 10.6. The Bertz CT molecular complexity index is 707. The molecule has 0 aromatic heterocycles. The number of carbonyl (C=O) groups excluding carboxylic acids is 1. The third-order valence-corrected chi connectivity index (χ3v) is 5.15. The highest BCUT2D eigenvalue weighted by molar-refractivity contribution is 14.0. The summed E-state index contributed by atoms with van der Waals surface area (Å²) in [6.45, 7) is 11.5. The van der Waals surface area contributed by atoms with Crippen molar-refractivity contribution in [2.24, 2.45) is 4.99 Å². The zero-order valence-corrected chi connectivity index (χ0v) is 21.0. The first kappa shape index (κ1) is 24.7. The average molecular weight is 529 g/mol. The normalized spacial score (nSPS) is 18.6. The van der Waals surface area contributed by atoms with Crippen molar-refractivity contribution in [3.05, 3.63) is 35.9 Å². The summed E-state index contributed by atoms with van der Waals surface area (Å²) in [5, 5.41) is 3.50. The lowest BCUT2D eigenvalue weighted by atomic mass is 10.2. The number of amides is 1. The van der Waals surface area contributed by atoms with Gasteiger partial charge in [0, 0.05) is 32.7 Å². The van der Waals surface area contributed by atoms with E-state index in [9.17, 15) is 4.79 Å². The van der Waals surface area contributed by atoms with Crippen molar-refractivity contribution < 1.29 is 9.53 Å². The zero-order valence-electron chi connectivity index (χ0n) is 18.6. The summed E-state index contributed by atoms with van der Waals surface area (Å²) in [7, 11) is 2.16. The maximum absolute atomic E-state index is 12.3. The molecule has 1 aromatic rings. The summed E-state index contributed by atoms with van der Waals surface area (Å²) in [5.41, 5.74) is 0.884. The number of hydrogen-bond acceptors (Lipinski definition) is 6. The molecule has 1 N–H and O–H groups in total. The first-order chi connectivity index (χ1) is 13.8. The van der Waals surface area contributed by atoms with Gasteiger partial charge in [-0.3, -0.25) is 4.99 Å². The molecule has 1 fully saturated rings. The molecule has 1 amide bonds. The van der Waals surface area contributed by atoms with Crippen LogP contribution in [0.4, 0.5) is 4.79 Å². The number of piperazine rings is 1. The molecular weight excluding hydrogens is 493 g/mol. The van der Waals surface area contributed by atoms with Gasteiger partial charge in [0.25, 0.3) is 0 Å². The number of guanidine groups is 1. The van der Waals surface area contributed by atoms with Gasteiger partial charge in [0.15, 0.2) is 5.96 Å². The summed E-state index contributed by atoms with van der Waals surface area (Å²) in [4.78, 5) is 23.4. The largest absolute Gasteiger partial charge is 0.444 e. The molecule has 0 bridgehead atoms. The van der Waals surface area contributed by atoms with Gasteiger partial charge in [0.2, 0.25) is 0 Å². The molecule has 1 unspecified atom stereocenters. The highest BCUT2D eigenvalue weighted by Crippen LogP contribution is 2.18. The minimum absolute atomic E-state index is 0. The molecule has 7 nitrogen and oxygen atoms in total. The SMILES string of the molecule is CN(CCCNC1=NCC2CN(C(=O)OC(C)(C)C)CCN12)Cc1ccccc1.I. The lowest BCUT2D eigenvalue weighted by Gasteiger charge is -2.39. The van der Waals surface area contributed by atoms with Crippen LogP contribution >= 0.6 is 24.0 Å². The lowest BCUT2D eigenvalue weighted by molar-refractivity contribution is 0.0137. The molecule has 0 aliphatic carbocycles. The molecule has 2 aliphatic heterocycles. The molecule has 2 heterocycles. The van der Waals surface area contributed by atoms with Crippen LogP contribution in [0.3, 0.4) is 0 Å². The highest BCUT2D eigenvalue weighted by Gasteiger charge is 2.36. The molecule has 1 aromatic carbocycles. The summed E-state index contributed by atoms with van der Waals surface area (Å²) in [6.07, 6.45) is 0.838. The van der Waals surface area contributed by atoms with E-state index in [0.717, 1.165) is 45.1 Å². The third kappa shape index (κ3) is 7.30. The average Bonchev–Trinajstić information content (AvgIpc) is 3.07. The zero-order chi connectivity index (χ0) is 20.9. The Morgan fingerprint density at radius 3 is 2.70 bits per heavy atom. The molecule has 30 heavy (non-hydrogen) atoms. The monoisotopic (exact) mass is 529 g/mol. The van der Waals surface area contributed by atoms with Crippen molar-refractivity contribution in [2.45, 2.75) is 45.4 Å². The molecule has 1 saturated heterocycles. The van der Waals surface area contributed by atoms with Crippen LogP contribution in [-0.4, -0.2) is 84.7 Å². The van der Waals surface area contributed by atoms with Crippen LogP contribution in [0.1, 0.15) is 32.8 Å². The van der Waals surface area contributed by atoms with E-state index in [1.165, 1.54) is 5.56 Å². The smallest absolute Gasteiger partial charge is 0.410 e. The van der Waals surface area contributed by atoms with E-state index in [1.54, 1.807) is 0 Å². The Morgan fingerprint density at radius 1 is 1.27 bits per heavy atom. The third-order valence-electron chi connectivity index (χ3n) is 5.15. The number of fused-ring (bicyclic) bond motifs is 1. The predicted molar refractivity (Wildman–Crippen MR) is 131 cm³/mol. The maximum atomic E-state index is 12.3. The number of aliphatic imine (C=N–C) groups is 1. The molecule has 0 radical (unpaired) electrons. The molecule has 1 atom stereocenters. The van der Waals surface area contributed by atoms with Crippen LogP contribution < -0.4 is 5.32 Å². The molecule has 2 aliphatic rings. The summed E-state index contributed by atoms with van der Waals surface area (Å²) in [6, 6.07) is 10.8. The number of nitrogens with zero attached hydrogens (tertiary/aromatic N) is 4. The second-order valence-electron chi connectivity index (χ2n) is 8.94. The van der Waals surface area contributed by atoms with E-state index in [1.807, 2.05) is 25.7 Å². The fraction of sp³-hybridized carbons (Fsp3) is 0.636. The summed E-state index contributed by atoms with van der Waals surface area (Å²) >= 11 is 0. The van der Waals surface area contributed by atoms with Gasteiger partial charge in [-0.05, 0) is 46.3 Å². The van der Waals surface area contributed by atoms with Crippen LogP contribution in [0.2, 0.25) is 0 Å². The number of ether oxygens (including phenoxy) is 1. The molecule has 0 saturated carbocycles. The second-order valence-corrected chi connectivity index (χ2v) is 8.94. The number of halogens is 1. The van der Waals surface area contributed by atoms with Crippen molar-refractivity contribution in [2.75, 3.05) is 46.3 Å². The van der Waals surface area contributed by atoms with Crippen molar-refractivity contribution in [3.63, 3.8) is 0 Å². The highest BCUT2D eigenvalue weighted by atomic mass is 127. The van der Waals surface area contributed by atoms with E-state index in [-0.39, 0.29) is 36.1 Å². The first-order valence-corrected chi connectivity index (χ1v) is 10.6. The molecular formula is C22H36IN5O2. The Balaban J connectivity index is 0.00000320. The predicted octanol–water partition coefficient (Wildman–Crippen LogP) is 3.01. The molecule has 168 valence electrons. The van der Waals surface area contributed by atoms with Gasteiger partial charge in [-0.2, -0.15) is 0 Å². The van der Waals surface area contributed by atoms with Crippen molar-refractivity contribution >= 4 is 36.0 Å². The summed E-state index contributed by atoms with van der Waals surface area (Å²) < 4.78 is 5.51. The van der Waals surface area contributed by atoms with E-state index >= 15 is 0 Å². The second kappa shape index (κ2) is 11.2. The fourth-order valence-corrected chi connectivity index (χ4v) is 3.75. The Labute approximate surface area is 197 Å². The molecule has 3 rings (SSSR count). The number of hydrogen-bond donors (Lipinski definition) is 1. The fourth-order valence-electron chi connectivity index (χ4n) is 3.75. The standard InChI is InChI=1S/C22H35N5O2.HI/c1-22(2,3)29-21(28)26-13-14-27-19(17-26)15-24-20(27)23-11-8-12-25(4)16-18-9-6-5-7-10-18;/h5-7,9-10,19H,8,11-17H2,1-4H3,(H,23,24);1H. The van der Waals surface area contributed by atoms with Gasteiger partial charge in [0.05, 0.1) is 12.6 Å². The lowest BCUT2D eigenvalue weighted by Crippen LogP contribution is -2.57. The van der Waals surface area contributed by atoms with E-state index in [0.29, 0.717) is 13.1 Å². The van der Waals surface area contributed by atoms with Gasteiger partial charge < -0.3 is 24.8 Å². The minimum atomic E-state index is -0.458. The van der Waals surface area contributed by atoms with E-state index < -0.39 is 5.60 Å². The van der Waals surface area contributed by atoms with Crippen LogP contribution in [0.25, 0.3) is 0 Å². The van der Waals surface area contributed by atoms with Crippen molar-refractivity contribution in [1.29, 1.82) is 0 Å². The number of carbonyl (C=O) groups is 1. The van der Waals surface area contributed by atoms with Gasteiger partial charge in [-0.25, -0.2) is 4.79 Å². The Morgan fingerprint density at radius 2 is 2.00 bits per heavy atom. The van der Waals surface area contributed by atoms with Crippen molar-refractivity contribution in [3.8, 4) is 0 Å². The van der Waals surface area contributed by atoms with Crippen LogP contribution in [0.15, 0.2) is 35.3 Å². The molecule has 0 spiro atoms. The Kier molecular flexibility index (Phi) is 9.21. The quantitative estimate of drug-likeness (QED) is 0.454. The van der Waals surface area contributed by atoms with Gasteiger partial charge in [-0.1, -0.05) is 30.3 Å². The number of rotatable bonds is 6. The topological polar surface area (TPSA) is 60.4 Å². The van der Waals surface area contributed by atoms with E-state index in [2.05, 4.69) is 57.5 Å².